The Labute approximate surface area is 552 Å². The van der Waals surface area contributed by atoms with Gasteiger partial charge >= 0.3 is 0 Å². The van der Waals surface area contributed by atoms with Crippen molar-refractivity contribution in [3.63, 3.8) is 0 Å². The predicted molar refractivity (Wildman–Crippen MR) is 342 cm³/mol. The Balaban J connectivity index is 1.15. The topological polar surface area (TPSA) is 455 Å². The third-order valence-electron chi connectivity index (χ3n) is 16.9. The van der Waals surface area contributed by atoms with Crippen LogP contribution in [-0.4, -0.2) is 294 Å². The molecule has 8 atom stereocenters. The largest absolute Gasteiger partial charge is 0.506 e. The van der Waals surface area contributed by atoms with Gasteiger partial charge in [0.25, 0.3) is 47.3 Å². The minimum atomic E-state index is -1.74. The van der Waals surface area contributed by atoms with Gasteiger partial charge in [-0.15, -0.1) is 0 Å². The van der Waals surface area contributed by atoms with Crippen LogP contribution in [0.25, 0.3) is 0 Å². The van der Waals surface area contributed by atoms with E-state index in [1.165, 1.54) is 72.8 Å². The molecular weight excluding hydrogens is 1250 g/mol. The number of benzene rings is 4. The summed E-state index contributed by atoms with van der Waals surface area (Å²) in [6.07, 6.45) is -7.09. The van der Waals surface area contributed by atoms with Crippen molar-refractivity contribution in [1.29, 1.82) is 0 Å². The summed E-state index contributed by atoms with van der Waals surface area (Å²) in [5.41, 5.74) is -1.60. The lowest BCUT2D eigenvalue weighted by Crippen LogP contribution is -2.59. The second-order valence-electron chi connectivity index (χ2n) is 23.4. The standard InChI is InChI=1S/C64H85N13O19/c78-36-47-53(84)54(85)55(86)64(96-47)95-37-48(79)65-16-2-1-7-38-35-77-30-23-72-61(92)44-13-5-12-43(51(44)82)58(89)68-19-26-75(27-20-71-62(93)45-14-6-15-46(52(45)83)63(94)73-38)32-31-74-24-17-66-56(87)39-8-3-10-41(49(39)80)59(90)69-21-28-76(33-34-77)29-22-70-60(91)42-11-4-9-40(50(42)81)57(88)67-18-25-74/h3-6,8-15,38,47,53-55,64,78,80-86H,1-2,7,16-37H2,(H,65,79)(H,66,87)(H,67,88)(H,68,89)(H,69,90)(H,70,91)(H,71,93)(H,72,92)(H,73,94)/t38?,47?,53-,54?,55-,64?/m1/s1. The lowest BCUT2D eigenvalue weighted by Gasteiger charge is -2.39. The number of aliphatic hydroxyl groups is 4. The van der Waals surface area contributed by atoms with Crippen LogP contribution in [0.5, 0.6) is 23.0 Å². The van der Waals surface area contributed by atoms with Crippen LogP contribution in [0.15, 0.2) is 72.8 Å². The molecule has 5 heterocycles. The highest BCUT2D eigenvalue weighted by Gasteiger charge is 2.44. The number of ether oxygens (including phenoxy) is 2. The van der Waals surface area contributed by atoms with Gasteiger partial charge in [-0.3, -0.25) is 62.8 Å². The molecule has 0 radical (unpaired) electrons. The van der Waals surface area contributed by atoms with E-state index in [9.17, 15) is 84.0 Å². The number of aromatic hydroxyl groups is 4. The molecule has 4 aromatic rings. The van der Waals surface area contributed by atoms with E-state index in [4.69, 9.17) is 9.47 Å². The highest BCUT2D eigenvalue weighted by Crippen LogP contribution is 2.27. The second-order valence-corrected chi connectivity index (χ2v) is 23.4. The normalized spacial score (nSPS) is 25.4. The Morgan fingerprint density at radius 2 is 0.750 bits per heavy atom. The quantitative estimate of drug-likeness (QED) is 0.0714. The molecule has 5 aliphatic rings. The molecule has 12 bridgehead atoms. The van der Waals surface area contributed by atoms with Crippen molar-refractivity contribution in [2.75, 3.05) is 144 Å². The fourth-order valence-electron chi connectivity index (χ4n) is 11.4. The third-order valence-corrected chi connectivity index (χ3v) is 16.9. The molecule has 32 heteroatoms. The average Bonchev–Trinajstić information content (AvgIpc) is 0.880. The molecule has 5 aliphatic heterocycles. The second kappa shape index (κ2) is 35.6. The Bertz CT molecular complexity index is 3330. The Hall–Kier alpha value is -9.09. The monoisotopic (exact) mass is 1340 g/mol. The lowest BCUT2D eigenvalue weighted by atomic mass is 9.99. The van der Waals surface area contributed by atoms with Crippen LogP contribution in [-0.2, 0) is 14.3 Å². The van der Waals surface area contributed by atoms with Crippen LogP contribution >= 0.6 is 0 Å². The summed E-state index contributed by atoms with van der Waals surface area (Å²) >= 11 is 0. The van der Waals surface area contributed by atoms with Crippen molar-refractivity contribution in [2.45, 2.75) is 56.0 Å². The molecular formula is C64H85N13O19. The number of hydrogen-bond donors (Lipinski definition) is 17. The van der Waals surface area contributed by atoms with Crippen LogP contribution in [0.1, 0.15) is 102 Å². The molecule has 9 rings (SSSR count). The number of nitrogens with zero attached hydrogens (tertiary/aromatic N) is 4. The minimum absolute atomic E-state index is 0.0113. The van der Waals surface area contributed by atoms with Crippen molar-refractivity contribution in [3.8, 4) is 23.0 Å². The maximum absolute atomic E-state index is 14.6. The van der Waals surface area contributed by atoms with Crippen LogP contribution in [0.3, 0.4) is 0 Å². The Morgan fingerprint density at radius 3 is 1.08 bits per heavy atom. The third kappa shape index (κ3) is 19.8. The summed E-state index contributed by atoms with van der Waals surface area (Å²) in [5.74, 6) is -8.70. The zero-order valence-electron chi connectivity index (χ0n) is 52.9. The number of rotatable bonds is 9. The summed E-state index contributed by atoms with van der Waals surface area (Å²) in [6, 6.07) is 15.8. The van der Waals surface area contributed by atoms with Crippen LogP contribution < -0.4 is 47.9 Å². The van der Waals surface area contributed by atoms with Crippen LogP contribution in [0, 0.1) is 0 Å². The zero-order valence-corrected chi connectivity index (χ0v) is 52.9. The van der Waals surface area contributed by atoms with Crippen molar-refractivity contribution in [1.82, 2.24) is 67.5 Å². The number of phenolic OH excluding ortho intramolecular Hbond substituents is 4. The summed E-state index contributed by atoms with van der Waals surface area (Å²) < 4.78 is 10.7. The first kappa shape index (κ1) is 72.7. The van der Waals surface area contributed by atoms with Gasteiger partial charge in [0, 0.05) is 137 Å². The summed E-state index contributed by atoms with van der Waals surface area (Å²) in [6.45, 7) is -0.103. The van der Waals surface area contributed by atoms with E-state index in [0.717, 1.165) is 0 Å². The molecule has 1 saturated heterocycles. The van der Waals surface area contributed by atoms with Crippen LogP contribution in [0.4, 0.5) is 0 Å². The number of para-hydroxylation sites is 4. The van der Waals surface area contributed by atoms with E-state index >= 15 is 0 Å². The summed E-state index contributed by atoms with van der Waals surface area (Å²) in [4.78, 5) is 132. The lowest BCUT2D eigenvalue weighted by molar-refractivity contribution is -0.299. The minimum Gasteiger partial charge on any atom is -0.506 e. The van der Waals surface area contributed by atoms with Crippen LogP contribution in [0.2, 0.25) is 0 Å². The average molecular weight is 1340 g/mol. The molecule has 1 fully saturated rings. The number of carbonyl (C=O) groups excluding carboxylic acids is 9. The number of fused-ring (bicyclic) bond motifs is 16. The van der Waals surface area contributed by atoms with Gasteiger partial charge in [0.15, 0.2) is 6.29 Å². The fraction of sp³-hybridized carbons (Fsp3) is 0.484. The molecule has 520 valence electrons. The fourth-order valence-corrected chi connectivity index (χ4v) is 11.4. The van der Waals surface area contributed by atoms with Gasteiger partial charge in [0.1, 0.15) is 54.0 Å². The number of nitrogens with one attached hydrogen (secondary N) is 9. The summed E-state index contributed by atoms with van der Waals surface area (Å²) in [5, 5.41) is 112. The predicted octanol–water partition coefficient (Wildman–Crippen LogP) is -3.83. The molecule has 0 saturated carbocycles. The number of unbranched alkanes of at least 4 members (excludes halogenated alkanes) is 1. The van der Waals surface area contributed by atoms with Crippen molar-refractivity contribution in [3.05, 3.63) is 117 Å². The molecule has 0 spiro atoms. The van der Waals surface area contributed by atoms with Gasteiger partial charge in [-0.2, -0.15) is 0 Å². The van der Waals surface area contributed by atoms with Gasteiger partial charge in [0.05, 0.1) is 51.1 Å². The van der Waals surface area contributed by atoms with Crippen molar-refractivity contribution >= 4 is 53.2 Å². The maximum Gasteiger partial charge on any atom is 0.255 e. The number of carbonyl (C=O) groups is 9. The molecule has 6 unspecified atom stereocenters. The van der Waals surface area contributed by atoms with Crippen molar-refractivity contribution in [2.24, 2.45) is 0 Å². The molecule has 17 N–H and O–H groups in total. The molecule has 4 aromatic carbocycles. The first-order valence-electron chi connectivity index (χ1n) is 31.9. The number of hydrogen-bond acceptors (Lipinski definition) is 23. The first-order chi connectivity index (χ1) is 46.2. The van der Waals surface area contributed by atoms with Gasteiger partial charge in [-0.25, -0.2) is 0 Å². The van der Waals surface area contributed by atoms with E-state index in [1.807, 2.05) is 19.6 Å². The summed E-state index contributed by atoms with van der Waals surface area (Å²) in [7, 11) is 0. The Morgan fingerprint density at radius 1 is 0.438 bits per heavy atom. The maximum atomic E-state index is 14.6. The molecule has 96 heavy (non-hydrogen) atoms. The van der Waals surface area contributed by atoms with Gasteiger partial charge < -0.3 is 98.2 Å². The molecule has 0 aliphatic carbocycles. The van der Waals surface area contributed by atoms with E-state index in [2.05, 4.69) is 47.9 Å². The molecule has 9 amide bonds. The highest BCUT2D eigenvalue weighted by atomic mass is 16.7. The first-order valence-corrected chi connectivity index (χ1v) is 31.9. The van der Waals surface area contributed by atoms with E-state index in [1.54, 1.807) is 0 Å². The molecule has 0 aromatic heterocycles. The highest BCUT2D eigenvalue weighted by molar-refractivity contribution is 6.06. The Kier molecular flexibility index (Phi) is 27.0. The number of aliphatic hydroxyl groups excluding tert-OH is 4. The number of phenols is 4. The van der Waals surface area contributed by atoms with E-state index in [0.29, 0.717) is 12.8 Å². The van der Waals surface area contributed by atoms with Gasteiger partial charge in [0.2, 0.25) is 5.91 Å². The van der Waals surface area contributed by atoms with Gasteiger partial charge in [-0.05, 0) is 67.8 Å². The number of amides is 9. The molecule has 32 nitrogen and oxygen atoms in total. The smallest absolute Gasteiger partial charge is 0.255 e. The van der Waals surface area contributed by atoms with E-state index < -0.39 is 126 Å². The van der Waals surface area contributed by atoms with E-state index in [-0.39, 0.29) is 182 Å². The SMILES string of the molecule is O=C(COC1OC(CO)[C@@H](O)C(O)[C@H]1O)NCCCCC1CN2CCNC(=O)c3cccc(c3O)C(=O)NCCN(CCNC(=O)c3cccc(c3O)C(=O)N1)CCN1CCNC(=O)c3cccc(c3O)C(=O)NCCN(CCNC(=O)c3cccc(c3O)C(=O)NCC1)CC2. The van der Waals surface area contributed by atoms with Crippen molar-refractivity contribution < 1.29 is 93.5 Å². The van der Waals surface area contributed by atoms with Gasteiger partial charge in [-0.1, -0.05) is 24.3 Å². The zero-order chi connectivity index (χ0) is 68.8.